The van der Waals surface area contributed by atoms with E-state index in [1.807, 2.05) is 12.1 Å². The first-order chi connectivity index (χ1) is 11.1. The highest BCUT2D eigenvalue weighted by Crippen LogP contribution is 2.37. The Morgan fingerprint density at radius 1 is 0.875 bits per heavy atom. The van der Waals surface area contributed by atoms with Gasteiger partial charge in [-0.2, -0.15) is 0 Å². The standard InChI is InChI=1S/C22H27NO/c1-14-10-8-9-11-16(14)20-23-18-13-15(21(2,3)4)12-17(19(18)24-20)22(5,6)7/h8-13H,1-7H3. The van der Waals surface area contributed by atoms with Crippen molar-refractivity contribution in [2.24, 2.45) is 0 Å². The number of rotatable bonds is 1. The molecule has 126 valence electrons. The van der Waals surface area contributed by atoms with Gasteiger partial charge in [0.05, 0.1) is 0 Å². The van der Waals surface area contributed by atoms with Crippen LogP contribution in [-0.2, 0) is 10.8 Å². The molecule has 1 aromatic heterocycles. The van der Waals surface area contributed by atoms with Crippen molar-refractivity contribution in [3.63, 3.8) is 0 Å². The van der Waals surface area contributed by atoms with Crippen LogP contribution >= 0.6 is 0 Å². The van der Waals surface area contributed by atoms with Crippen molar-refractivity contribution in [1.82, 2.24) is 4.98 Å². The average Bonchev–Trinajstić information content (AvgIpc) is 2.88. The maximum Gasteiger partial charge on any atom is 0.227 e. The Morgan fingerprint density at radius 2 is 1.54 bits per heavy atom. The molecule has 2 nitrogen and oxygen atoms in total. The summed E-state index contributed by atoms with van der Waals surface area (Å²) in [4.78, 5) is 4.83. The summed E-state index contributed by atoms with van der Waals surface area (Å²) in [6.45, 7) is 15.5. The van der Waals surface area contributed by atoms with E-state index in [2.05, 4.69) is 72.7 Å². The molecule has 0 radical (unpaired) electrons. The van der Waals surface area contributed by atoms with Gasteiger partial charge in [0.2, 0.25) is 5.89 Å². The van der Waals surface area contributed by atoms with Crippen LogP contribution in [0.3, 0.4) is 0 Å². The lowest BCUT2D eigenvalue weighted by atomic mass is 9.80. The molecule has 0 fully saturated rings. The Morgan fingerprint density at radius 3 is 2.12 bits per heavy atom. The second-order valence-electron chi connectivity index (χ2n) is 8.71. The zero-order valence-corrected chi connectivity index (χ0v) is 15.8. The predicted octanol–water partition coefficient (Wildman–Crippen LogP) is 6.40. The molecule has 0 N–H and O–H groups in total. The summed E-state index contributed by atoms with van der Waals surface area (Å²) in [7, 11) is 0. The van der Waals surface area contributed by atoms with Crippen LogP contribution in [0.5, 0.6) is 0 Å². The molecule has 2 heteroatoms. The number of aryl methyl sites for hydroxylation is 1. The number of hydrogen-bond acceptors (Lipinski definition) is 2. The third-order valence-electron chi connectivity index (χ3n) is 4.54. The van der Waals surface area contributed by atoms with E-state index < -0.39 is 0 Å². The quantitative estimate of drug-likeness (QED) is 0.518. The van der Waals surface area contributed by atoms with Gasteiger partial charge in [0.25, 0.3) is 0 Å². The molecule has 3 aromatic rings. The van der Waals surface area contributed by atoms with E-state index in [1.54, 1.807) is 0 Å². The lowest BCUT2D eigenvalue weighted by Crippen LogP contribution is -2.16. The van der Waals surface area contributed by atoms with E-state index in [-0.39, 0.29) is 10.8 Å². The van der Waals surface area contributed by atoms with Gasteiger partial charge in [-0.25, -0.2) is 4.98 Å². The average molecular weight is 321 g/mol. The molecular weight excluding hydrogens is 294 g/mol. The van der Waals surface area contributed by atoms with Crippen LogP contribution in [0.15, 0.2) is 40.8 Å². The fourth-order valence-electron chi connectivity index (χ4n) is 2.95. The summed E-state index contributed by atoms with van der Waals surface area (Å²) < 4.78 is 6.25. The SMILES string of the molecule is Cc1ccccc1-c1nc2cc(C(C)(C)C)cc(C(C)(C)C)c2o1. The third kappa shape index (κ3) is 2.98. The molecule has 0 spiro atoms. The van der Waals surface area contributed by atoms with Crippen molar-refractivity contribution in [3.8, 4) is 11.5 Å². The number of benzene rings is 2. The van der Waals surface area contributed by atoms with E-state index >= 15 is 0 Å². The number of oxazole rings is 1. The maximum absolute atomic E-state index is 6.25. The van der Waals surface area contributed by atoms with Gasteiger partial charge in [0.1, 0.15) is 5.52 Å². The van der Waals surface area contributed by atoms with Gasteiger partial charge in [-0.05, 0) is 41.0 Å². The molecule has 0 saturated carbocycles. The second-order valence-corrected chi connectivity index (χ2v) is 8.71. The van der Waals surface area contributed by atoms with Gasteiger partial charge in [-0.15, -0.1) is 0 Å². The van der Waals surface area contributed by atoms with Crippen molar-refractivity contribution >= 4 is 11.1 Å². The number of aromatic nitrogens is 1. The molecule has 0 bridgehead atoms. The summed E-state index contributed by atoms with van der Waals surface area (Å²) in [6, 6.07) is 12.7. The van der Waals surface area contributed by atoms with Crippen LogP contribution in [0.25, 0.3) is 22.6 Å². The molecule has 0 unspecified atom stereocenters. The molecule has 0 aliphatic rings. The minimum atomic E-state index is 0.00203. The molecule has 0 saturated heterocycles. The van der Waals surface area contributed by atoms with E-state index in [1.165, 1.54) is 16.7 Å². The smallest absolute Gasteiger partial charge is 0.227 e. The minimum absolute atomic E-state index is 0.00203. The largest absolute Gasteiger partial charge is 0.436 e. The van der Waals surface area contributed by atoms with Gasteiger partial charge >= 0.3 is 0 Å². The van der Waals surface area contributed by atoms with Gasteiger partial charge in [-0.1, -0.05) is 65.8 Å². The molecule has 0 atom stereocenters. The lowest BCUT2D eigenvalue weighted by molar-refractivity contribution is 0.552. The summed E-state index contributed by atoms with van der Waals surface area (Å²) >= 11 is 0. The van der Waals surface area contributed by atoms with E-state index in [0.29, 0.717) is 5.89 Å². The maximum atomic E-state index is 6.25. The van der Waals surface area contributed by atoms with Crippen LogP contribution in [0, 0.1) is 6.92 Å². The number of fused-ring (bicyclic) bond motifs is 1. The molecular formula is C22H27NO. The molecule has 3 rings (SSSR count). The normalized spacial score (nSPS) is 12.8. The zero-order chi connectivity index (χ0) is 17.7. The highest BCUT2D eigenvalue weighted by molar-refractivity contribution is 5.82. The van der Waals surface area contributed by atoms with Crippen molar-refractivity contribution in [1.29, 1.82) is 0 Å². The molecule has 0 aliphatic heterocycles. The first-order valence-corrected chi connectivity index (χ1v) is 8.59. The molecule has 0 aliphatic carbocycles. The van der Waals surface area contributed by atoms with Crippen molar-refractivity contribution in [2.45, 2.75) is 59.3 Å². The van der Waals surface area contributed by atoms with Crippen LogP contribution in [0.4, 0.5) is 0 Å². The molecule has 2 aromatic carbocycles. The second kappa shape index (κ2) is 5.47. The highest BCUT2D eigenvalue weighted by atomic mass is 16.3. The Labute approximate surface area is 144 Å². The van der Waals surface area contributed by atoms with E-state index in [9.17, 15) is 0 Å². The third-order valence-corrected chi connectivity index (χ3v) is 4.54. The van der Waals surface area contributed by atoms with Gasteiger partial charge < -0.3 is 4.42 Å². The Bertz CT molecular complexity index is 888. The summed E-state index contributed by atoms with van der Waals surface area (Å²) in [5, 5.41) is 0. The fourth-order valence-corrected chi connectivity index (χ4v) is 2.95. The van der Waals surface area contributed by atoms with E-state index in [0.717, 1.165) is 16.7 Å². The zero-order valence-electron chi connectivity index (χ0n) is 15.8. The Balaban J connectivity index is 2.31. The minimum Gasteiger partial charge on any atom is -0.436 e. The van der Waals surface area contributed by atoms with Gasteiger partial charge in [-0.3, -0.25) is 0 Å². The summed E-state index contributed by atoms with van der Waals surface area (Å²) in [6.07, 6.45) is 0. The van der Waals surface area contributed by atoms with Gasteiger partial charge in [0.15, 0.2) is 5.58 Å². The number of nitrogens with zero attached hydrogens (tertiary/aromatic N) is 1. The van der Waals surface area contributed by atoms with Crippen LogP contribution < -0.4 is 0 Å². The van der Waals surface area contributed by atoms with Crippen LogP contribution in [0.2, 0.25) is 0 Å². The van der Waals surface area contributed by atoms with E-state index in [4.69, 9.17) is 9.40 Å². The Hall–Kier alpha value is -2.09. The van der Waals surface area contributed by atoms with Crippen LogP contribution in [0.1, 0.15) is 58.2 Å². The van der Waals surface area contributed by atoms with Crippen molar-refractivity contribution in [3.05, 3.63) is 53.1 Å². The summed E-state index contributed by atoms with van der Waals surface area (Å²) in [5.41, 5.74) is 6.70. The molecule has 0 amide bonds. The lowest BCUT2D eigenvalue weighted by Gasteiger charge is -2.24. The number of hydrogen-bond donors (Lipinski definition) is 0. The van der Waals surface area contributed by atoms with Gasteiger partial charge in [0, 0.05) is 11.1 Å². The Kier molecular flexibility index (Phi) is 3.82. The van der Waals surface area contributed by atoms with Crippen molar-refractivity contribution in [2.75, 3.05) is 0 Å². The first-order valence-electron chi connectivity index (χ1n) is 8.59. The first kappa shape index (κ1) is 16.8. The fraction of sp³-hybridized carbons (Fsp3) is 0.409. The highest BCUT2D eigenvalue weighted by Gasteiger charge is 2.25. The summed E-state index contributed by atoms with van der Waals surface area (Å²) in [5.74, 6) is 0.708. The monoisotopic (exact) mass is 321 g/mol. The predicted molar refractivity (Wildman–Crippen MR) is 102 cm³/mol. The molecule has 24 heavy (non-hydrogen) atoms. The van der Waals surface area contributed by atoms with Crippen molar-refractivity contribution < 1.29 is 4.42 Å². The topological polar surface area (TPSA) is 26.0 Å². The molecule has 1 heterocycles. The van der Waals surface area contributed by atoms with Crippen LogP contribution in [-0.4, -0.2) is 4.98 Å².